The largest absolute Gasteiger partial charge is 0.458 e. The fourth-order valence-corrected chi connectivity index (χ4v) is 5.59. The van der Waals surface area contributed by atoms with Crippen LogP contribution in [-0.4, -0.2) is 77.2 Å². The van der Waals surface area contributed by atoms with E-state index in [0.717, 1.165) is 57.4 Å². The summed E-state index contributed by atoms with van der Waals surface area (Å²) in [5.41, 5.74) is 3.54. The van der Waals surface area contributed by atoms with E-state index in [1.165, 1.54) is 26.2 Å². The Bertz CT molecular complexity index is 1030. The fourth-order valence-electron chi connectivity index (χ4n) is 5.59. The van der Waals surface area contributed by atoms with E-state index in [1.807, 2.05) is 53.4 Å². The van der Waals surface area contributed by atoms with E-state index in [1.54, 1.807) is 0 Å². The summed E-state index contributed by atoms with van der Waals surface area (Å²) in [4.78, 5) is 71.4. The van der Waals surface area contributed by atoms with Crippen LogP contribution in [0.3, 0.4) is 0 Å². The molecule has 0 spiro atoms. The Balaban J connectivity index is 0.000000576. The molecule has 12 nitrogen and oxygen atoms in total. The maximum Gasteiger partial charge on any atom is 0.329 e. The van der Waals surface area contributed by atoms with Crippen molar-refractivity contribution in [3.63, 3.8) is 0 Å². The fraction of sp³-hybridized carbons (Fsp3) is 0.824. The molecule has 3 rings (SSSR count). The van der Waals surface area contributed by atoms with Gasteiger partial charge in [-0.2, -0.15) is 0 Å². The Labute approximate surface area is 276 Å². The number of hydrogen-bond acceptors (Lipinski definition) is 7. The van der Waals surface area contributed by atoms with Crippen molar-refractivity contribution in [3.8, 4) is 0 Å². The number of carbonyl (C=O) groups is 6. The quantitative estimate of drug-likeness (QED) is 0.165. The Morgan fingerprint density at radius 3 is 1.80 bits per heavy atom. The minimum Gasteiger partial charge on any atom is -0.458 e. The van der Waals surface area contributed by atoms with Crippen LogP contribution in [0.15, 0.2) is 0 Å². The molecule has 3 fully saturated rings. The first-order valence-corrected chi connectivity index (χ1v) is 16.9. The van der Waals surface area contributed by atoms with Crippen molar-refractivity contribution in [2.45, 2.75) is 156 Å². The van der Waals surface area contributed by atoms with Gasteiger partial charge in [0.05, 0.1) is 6.04 Å². The summed E-state index contributed by atoms with van der Waals surface area (Å²) in [6.45, 7) is 17.8. The zero-order chi connectivity index (χ0) is 35.2. The maximum atomic E-state index is 13.2. The smallest absolute Gasteiger partial charge is 0.329 e. The first kappa shape index (κ1) is 40.8. The van der Waals surface area contributed by atoms with Crippen LogP contribution in [0.2, 0.25) is 0 Å². The van der Waals surface area contributed by atoms with Crippen molar-refractivity contribution in [2.24, 2.45) is 23.0 Å². The van der Waals surface area contributed by atoms with Crippen molar-refractivity contribution in [3.05, 3.63) is 0 Å². The molecule has 264 valence electrons. The highest BCUT2D eigenvalue weighted by Gasteiger charge is 2.40. The number of nitrogens with two attached hydrogens (primary N) is 1. The molecular formula is C34H61N5O7. The van der Waals surface area contributed by atoms with E-state index in [2.05, 4.69) is 28.6 Å². The molecule has 2 aliphatic carbocycles. The maximum absolute atomic E-state index is 13.2. The second kappa shape index (κ2) is 18.8. The predicted octanol–water partition coefficient (Wildman–Crippen LogP) is 3.98. The van der Waals surface area contributed by atoms with E-state index in [-0.39, 0.29) is 17.9 Å². The Kier molecular flexibility index (Phi) is 16.7. The zero-order valence-corrected chi connectivity index (χ0v) is 29.7. The molecule has 4 unspecified atom stereocenters. The average molecular weight is 652 g/mol. The summed E-state index contributed by atoms with van der Waals surface area (Å²) >= 11 is 0. The molecule has 0 radical (unpaired) electrons. The number of likely N-dealkylation sites (tertiary alicyclic amines) is 1. The molecule has 1 saturated heterocycles. The Morgan fingerprint density at radius 1 is 0.848 bits per heavy atom. The second-order valence-electron chi connectivity index (χ2n) is 15.1. The number of esters is 1. The molecule has 0 aromatic heterocycles. The van der Waals surface area contributed by atoms with Gasteiger partial charge in [0.15, 0.2) is 0 Å². The number of ketones is 1. The first-order valence-electron chi connectivity index (χ1n) is 16.9. The SMILES string of the molecule is CC(NC=O)C(=O)C(N)=O.CC1CCC1.CC1CCCN1C(=O)C(NC(=O)NC(C(=O)OC(C)(C)C)C1CCCCC1)C(C)(C)C. The first-order chi connectivity index (χ1) is 21.3. The molecule has 0 aromatic rings. The molecule has 12 heteroatoms. The van der Waals surface area contributed by atoms with Crippen LogP contribution >= 0.6 is 0 Å². The molecule has 5 N–H and O–H groups in total. The topological polar surface area (TPSA) is 177 Å². The predicted molar refractivity (Wildman–Crippen MR) is 177 cm³/mol. The van der Waals surface area contributed by atoms with Crippen LogP contribution in [-0.2, 0) is 28.7 Å². The Hall–Kier alpha value is -3.18. The van der Waals surface area contributed by atoms with E-state index >= 15 is 0 Å². The van der Waals surface area contributed by atoms with Gasteiger partial charge in [-0.3, -0.25) is 19.2 Å². The van der Waals surface area contributed by atoms with Gasteiger partial charge in [0.25, 0.3) is 5.91 Å². The van der Waals surface area contributed by atoms with Gasteiger partial charge < -0.3 is 31.3 Å². The van der Waals surface area contributed by atoms with Crippen LogP contribution in [0.4, 0.5) is 4.79 Å². The van der Waals surface area contributed by atoms with Crippen LogP contribution < -0.4 is 21.7 Å². The van der Waals surface area contributed by atoms with E-state index < -0.39 is 52.8 Å². The number of Topliss-reactive ketones (excluding diaryl/α,β-unsaturated/α-hetero) is 1. The summed E-state index contributed by atoms with van der Waals surface area (Å²) in [5, 5.41) is 7.86. The third kappa shape index (κ3) is 14.5. The van der Waals surface area contributed by atoms with E-state index in [0.29, 0.717) is 6.41 Å². The number of amides is 5. The van der Waals surface area contributed by atoms with E-state index in [4.69, 9.17) is 4.74 Å². The summed E-state index contributed by atoms with van der Waals surface area (Å²) in [5.74, 6) is -1.18. The van der Waals surface area contributed by atoms with E-state index in [9.17, 15) is 28.8 Å². The van der Waals surface area contributed by atoms with Gasteiger partial charge in [-0.25, -0.2) is 9.59 Å². The van der Waals surface area contributed by atoms with Crippen molar-refractivity contribution >= 4 is 36.0 Å². The number of rotatable bonds is 9. The molecule has 3 aliphatic rings. The van der Waals surface area contributed by atoms with Crippen LogP contribution in [0.1, 0.15) is 127 Å². The normalized spacial score (nSPS) is 20.5. The number of hydrogen-bond donors (Lipinski definition) is 4. The highest BCUT2D eigenvalue weighted by atomic mass is 16.6. The molecule has 1 aliphatic heterocycles. The number of carbonyl (C=O) groups excluding carboxylic acids is 6. The Morgan fingerprint density at radius 2 is 1.41 bits per heavy atom. The standard InChI is InChI=1S/C24H43N3O4.C5H8N2O3.C5H10/c1-16-12-11-15-27(16)20(28)19(23(2,3)4)26-22(30)25-18(17-13-9-8-10-14-17)21(29)31-24(5,6)7;1-3(7-2-8)4(9)5(6)10;1-5-3-2-4-5/h16-19H,8-15H2,1-7H3,(H2,25,26,30);2-3H,1H3,(H2,6,10)(H,7,8);5H,2-4H2,1H3. The van der Waals surface area contributed by atoms with Gasteiger partial charge >= 0.3 is 12.0 Å². The third-order valence-corrected chi connectivity index (χ3v) is 8.64. The van der Waals surface area contributed by atoms with Gasteiger partial charge in [0.1, 0.15) is 17.7 Å². The minimum atomic E-state index is -1.04. The lowest BCUT2D eigenvalue weighted by Crippen LogP contribution is -2.60. The monoisotopic (exact) mass is 651 g/mol. The zero-order valence-electron chi connectivity index (χ0n) is 29.7. The van der Waals surface area contributed by atoms with Crippen molar-refractivity contribution in [1.29, 1.82) is 0 Å². The molecule has 46 heavy (non-hydrogen) atoms. The van der Waals surface area contributed by atoms with Crippen molar-refractivity contribution in [2.75, 3.05) is 6.54 Å². The van der Waals surface area contributed by atoms with Crippen LogP contribution in [0, 0.1) is 17.3 Å². The summed E-state index contributed by atoms with van der Waals surface area (Å²) < 4.78 is 5.61. The van der Waals surface area contributed by atoms with Gasteiger partial charge in [-0.1, -0.05) is 66.2 Å². The molecule has 0 bridgehead atoms. The van der Waals surface area contributed by atoms with Crippen LogP contribution in [0.5, 0.6) is 0 Å². The molecule has 1 heterocycles. The second-order valence-corrected chi connectivity index (χ2v) is 15.1. The highest BCUT2D eigenvalue weighted by Crippen LogP contribution is 2.29. The van der Waals surface area contributed by atoms with Gasteiger partial charge in [0.2, 0.25) is 18.1 Å². The molecule has 4 atom stereocenters. The molecular weight excluding hydrogens is 590 g/mol. The van der Waals surface area contributed by atoms with Crippen molar-refractivity contribution in [1.82, 2.24) is 20.9 Å². The van der Waals surface area contributed by atoms with Crippen LogP contribution in [0.25, 0.3) is 0 Å². The minimum absolute atomic E-state index is 0.0525. The van der Waals surface area contributed by atoms with Gasteiger partial charge in [-0.15, -0.1) is 0 Å². The summed E-state index contributed by atoms with van der Waals surface area (Å²) in [6, 6.07) is -2.50. The summed E-state index contributed by atoms with van der Waals surface area (Å²) in [6.07, 6.45) is 11.8. The van der Waals surface area contributed by atoms with Gasteiger partial charge in [-0.05, 0) is 77.6 Å². The number of nitrogens with one attached hydrogen (secondary N) is 3. The third-order valence-electron chi connectivity index (χ3n) is 8.64. The van der Waals surface area contributed by atoms with Gasteiger partial charge in [0, 0.05) is 12.6 Å². The average Bonchev–Trinajstić information content (AvgIpc) is 3.38. The molecule has 0 aromatic carbocycles. The lowest BCUT2D eigenvalue weighted by Gasteiger charge is -2.36. The lowest BCUT2D eigenvalue weighted by atomic mass is 9.83. The number of nitrogens with zero attached hydrogens (tertiary/aromatic N) is 1. The summed E-state index contributed by atoms with van der Waals surface area (Å²) in [7, 11) is 0. The highest BCUT2D eigenvalue weighted by molar-refractivity contribution is 6.37. The number of ether oxygens (including phenoxy) is 1. The lowest BCUT2D eigenvalue weighted by molar-refractivity contribution is -0.159. The number of primary amides is 1. The number of urea groups is 1. The molecule has 5 amide bonds. The molecule has 2 saturated carbocycles. The van der Waals surface area contributed by atoms with Crippen molar-refractivity contribution < 1.29 is 33.5 Å².